The first kappa shape index (κ1) is 16.8. The summed E-state index contributed by atoms with van der Waals surface area (Å²) in [7, 11) is 0. The number of rotatable bonds is 1. The zero-order valence-electron chi connectivity index (χ0n) is 15.1. The molecule has 2 fully saturated rings. The zero-order valence-corrected chi connectivity index (χ0v) is 15.1. The van der Waals surface area contributed by atoms with E-state index in [1.54, 1.807) is 18.2 Å². The summed E-state index contributed by atoms with van der Waals surface area (Å²) < 4.78 is 0. The lowest BCUT2D eigenvalue weighted by atomic mass is 9.48. The van der Waals surface area contributed by atoms with Gasteiger partial charge in [0.05, 0.1) is 0 Å². The van der Waals surface area contributed by atoms with Gasteiger partial charge in [-0.25, -0.2) is 0 Å². The van der Waals surface area contributed by atoms with E-state index in [0.717, 1.165) is 18.4 Å². The Morgan fingerprint density at radius 3 is 2.52 bits per heavy atom. The molecule has 2 saturated carbocycles. The largest absolute Gasteiger partial charge is 0.508 e. The van der Waals surface area contributed by atoms with Gasteiger partial charge < -0.3 is 10.2 Å². The summed E-state index contributed by atoms with van der Waals surface area (Å²) in [4.78, 5) is 25.2. The molecule has 0 aromatic heterocycles. The van der Waals surface area contributed by atoms with Crippen LogP contribution in [0.5, 0.6) is 0 Å². The average Bonchev–Trinajstić information content (AvgIpc) is 2.82. The van der Waals surface area contributed by atoms with Crippen molar-refractivity contribution >= 4 is 11.6 Å². The van der Waals surface area contributed by atoms with Gasteiger partial charge in [0.25, 0.3) is 0 Å². The number of Topliss-reactive ketones (excluding diaryl/α,β-unsaturated/α-hetero) is 1. The second-order valence-corrected chi connectivity index (χ2v) is 8.84. The first-order valence-corrected chi connectivity index (χ1v) is 9.23. The highest BCUT2D eigenvalue weighted by atomic mass is 16.3. The number of hydrogen-bond donors (Lipinski definition) is 2. The minimum atomic E-state index is -1.31. The third-order valence-corrected chi connectivity index (χ3v) is 7.93. The summed E-state index contributed by atoms with van der Waals surface area (Å²) in [6.07, 6.45) is 9.82. The van der Waals surface area contributed by atoms with E-state index in [1.807, 2.05) is 13.0 Å². The molecule has 4 aliphatic rings. The molecule has 6 atom stereocenters. The highest BCUT2D eigenvalue weighted by Gasteiger charge is 2.66. The van der Waals surface area contributed by atoms with Gasteiger partial charge in [-0.05, 0) is 68.2 Å². The Hall–Kier alpha value is -1.68. The third-order valence-electron chi connectivity index (χ3n) is 7.93. The highest BCUT2D eigenvalue weighted by molar-refractivity contribution is 5.96. The lowest BCUT2D eigenvalue weighted by Gasteiger charge is -2.55. The van der Waals surface area contributed by atoms with E-state index in [9.17, 15) is 19.8 Å². The van der Waals surface area contributed by atoms with Gasteiger partial charge in [0, 0.05) is 16.7 Å². The van der Waals surface area contributed by atoms with Crippen LogP contribution in [0.2, 0.25) is 0 Å². The van der Waals surface area contributed by atoms with E-state index >= 15 is 0 Å². The fourth-order valence-electron chi connectivity index (χ4n) is 6.31. The third kappa shape index (κ3) is 1.92. The minimum Gasteiger partial charge on any atom is -0.508 e. The van der Waals surface area contributed by atoms with Crippen molar-refractivity contribution in [3.63, 3.8) is 0 Å². The Balaban J connectivity index is 1.80. The molecule has 4 heteroatoms. The van der Waals surface area contributed by atoms with Gasteiger partial charge in [0.15, 0.2) is 11.6 Å². The number of fused-ring (bicyclic) bond motifs is 5. The predicted molar refractivity (Wildman–Crippen MR) is 93.7 cm³/mol. The first-order valence-electron chi connectivity index (χ1n) is 9.23. The number of carbonyl (C=O) groups is 2. The molecule has 0 saturated heterocycles. The van der Waals surface area contributed by atoms with Crippen molar-refractivity contribution in [3.8, 4) is 0 Å². The van der Waals surface area contributed by atoms with Crippen molar-refractivity contribution in [2.24, 2.45) is 28.6 Å². The van der Waals surface area contributed by atoms with Crippen LogP contribution < -0.4 is 0 Å². The highest BCUT2D eigenvalue weighted by Crippen LogP contribution is 2.65. The molecule has 4 aliphatic carbocycles. The number of aliphatic hydroxyl groups is 2. The molecule has 2 N–H and O–H groups in total. The topological polar surface area (TPSA) is 74.6 Å². The van der Waals surface area contributed by atoms with E-state index in [1.165, 1.54) is 6.92 Å². The Morgan fingerprint density at radius 1 is 1.16 bits per heavy atom. The molecule has 0 aliphatic heterocycles. The van der Waals surface area contributed by atoms with Gasteiger partial charge in [-0.2, -0.15) is 0 Å². The molecule has 0 unspecified atom stereocenters. The summed E-state index contributed by atoms with van der Waals surface area (Å²) in [6.45, 7) is 5.61. The number of aliphatic hydroxyl groups excluding tert-OH is 1. The Bertz CT molecular complexity index is 760. The molecule has 0 radical (unpaired) electrons. The lowest BCUT2D eigenvalue weighted by molar-refractivity contribution is -0.160. The quantitative estimate of drug-likeness (QED) is 0.767. The van der Waals surface area contributed by atoms with Crippen molar-refractivity contribution in [2.75, 3.05) is 0 Å². The van der Waals surface area contributed by atoms with E-state index in [2.05, 4.69) is 6.92 Å². The molecular formula is C21H26O4. The van der Waals surface area contributed by atoms with Gasteiger partial charge in [0.1, 0.15) is 11.4 Å². The van der Waals surface area contributed by atoms with Crippen LogP contribution in [0.4, 0.5) is 0 Å². The van der Waals surface area contributed by atoms with Gasteiger partial charge in [-0.15, -0.1) is 0 Å². The van der Waals surface area contributed by atoms with Crippen molar-refractivity contribution in [3.05, 3.63) is 35.6 Å². The van der Waals surface area contributed by atoms with Gasteiger partial charge in [-0.3, -0.25) is 9.59 Å². The van der Waals surface area contributed by atoms with Crippen LogP contribution in [0.25, 0.3) is 0 Å². The molecule has 0 aromatic carbocycles. The van der Waals surface area contributed by atoms with Crippen LogP contribution >= 0.6 is 0 Å². The zero-order chi connectivity index (χ0) is 18.2. The second-order valence-electron chi connectivity index (χ2n) is 8.84. The van der Waals surface area contributed by atoms with E-state index in [0.29, 0.717) is 12.8 Å². The number of carbonyl (C=O) groups excluding carboxylic acids is 2. The maximum absolute atomic E-state index is 13.0. The van der Waals surface area contributed by atoms with Crippen LogP contribution in [0.3, 0.4) is 0 Å². The van der Waals surface area contributed by atoms with Gasteiger partial charge in [-0.1, -0.05) is 19.9 Å². The Kier molecular flexibility index (Phi) is 3.31. The molecule has 0 bridgehead atoms. The predicted octanol–water partition coefficient (Wildman–Crippen LogP) is 3.28. The first-order chi connectivity index (χ1) is 11.6. The van der Waals surface area contributed by atoms with Crippen molar-refractivity contribution < 1.29 is 19.8 Å². The number of allylic oxidation sites excluding steroid dienone is 5. The number of ketones is 2. The molecule has 0 spiro atoms. The second kappa shape index (κ2) is 4.94. The summed E-state index contributed by atoms with van der Waals surface area (Å²) in [5.74, 6) is 0.0948. The fraction of sp³-hybridized carbons (Fsp3) is 0.619. The van der Waals surface area contributed by atoms with Crippen LogP contribution in [0.15, 0.2) is 35.6 Å². The van der Waals surface area contributed by atoms with Crippen LogP contribution in [0.1, 0.15) is 46.5 Å². The molecular weight excluding hydrogens is 316 g/mol. The number of hydrogen-bond acceptors (Lipinski definition) is 4. The smallest absolute Gasteiger partial charge is 0.161 e. The summed E-state index contributed by atoms with van der Waals surface area (Å²) in [5.41, 5.74) is -1.24. The molecule has 134 valence electrons. The van der Waals surface area contributed by atoms with Crippen molar-refractivity contribution in [1.29, 1.82) is 0 Å². The average molecular weight is 342 g/mol. The summed E-state index contributed by atoms with van der Waals surface area (Å²) >= 11 is 0. The van der Waals surface area contributed by atoms with Crippen molar-refractivity contribution in [1.82, 2.24) is 0 Å². The van der Waals surface area contributed by atoms with Crippen LogP contribution in [0, 0.1) is 28.6 Å². The molecule has 0 heterocycles. The Morgan fingerprint density at radius 2 is 1.84 bits per heavy atom. The minimum absolute atomic E-state index is 0.0233. The van der Waals surface area contributed by atoms with Crippen LogP contribution in [-0.4, -0.2) is 27.4 Å². The monoisotopic (exact) mass is 342 g/mol. The summed E-state index contributed by atoms with van der Waals surface area (Å²) in [5, 5.41) is 20.9. The maximum Gasteiger partial charge on any atom is 0.161 e. The molecule has 0 aromatic rings. The fourth-order valence-corrected chi connectivity index (χ4v) is 6.31. The maximum atomic E-state index is 13.0. The lowest BCUT2D eigenvalue weighted by Crippen LogP contribution is -2.57. The Labute approximate surface area is 148 Å². The molecule has 4 nitrogen and oxygen atoms in total. The standard InChI is InChI=1S/C21H26O4/c1-12(22)21(25)9-6-16-18-15(5-8-20(16,21)3)19(2)7-4-14(23)10-13(19)11-17(18)24/h4,7,10-11,15-16,18,23,25H,5-6,8-9H2,1-3H3/t15-,16-,18+,19-,20-,21-/m0/s1. The van der Waals surface area contributed by atoms with Gasteiger partial charge >= 0.3 is 0 Å². The molecule has 0 amide bonds. The van der Waals surface area contributed by atoms with Gasteiger partial charge in [0.2, 0.25) is 0 Å². The van der Waals surface area contributed by atoms with Crippen molar-refractivity contribution in [2.45, 2.75) is 52.1 Å². The van der Waals surface area contributed by atoms with E-state index in [4.69, 9.17) is 0 Å². The summed E-state index contributed by atoms with van der Waals surface area (Å²) in [6, 6.07) is 0. The molecule has 25 heavy (non-hydrogen) atoms. The van der Waals surface area contributed by atoms with E-state index < -0.39 is 11.0 Å². The molecule has 4 rings (SSSR count). The normalized spacial score (nSPS) is 48.2. The van der Waals surface area contributed by atoms with Crippen LogP contribution in [-0.2, 0) is 9.59 Å². The van der Waals surface area contributed by atoms with E-state index in [-0.39, 0.29) is 40.5 Å². The SMILES string of the molecule is CC(=O)[C@@]1(O)CC[C@H]2[C@@H]3C(=O)C=C4C=C(O)C=C[C@]4(C)[C@H]3CC[C@@]21C.